The molecule has 1 aromatic carbocycles. The Bertz CT molecular complexity index is 449. The second kappa shape index (κ2) is 6.19. The maximum atomic E-state index is 11.5. The third-order valence-corrected chi connectivity index (χ3v) is 2.76. The molecule has 1 aromatic rings. The molecule has 1 unspecified atom stereocenters. The summed E-state index contributed by atoms with van der Waals surface area (Å²) in [4.78, 5) is 23.8. The van der Waals surface area contributed by atoms with Gasteiger partial charge in [0.05, 0.1) is 6.54 Å². The fourth-order valence-electron chi connectivity index (χ4n) is 1.79. The Morgan fingerprint density at radius 1 is 1.32 bits per heavy atom. The summed E-state index contributed by atoms with van der Waals surface area (Å²) in [5.74, 6) is 0.385. The molecule has 0 aliphatic carbocycles. The van der Waals surface area contributed by atoms with Crippen molar-refractivity contribution < 1.29 is 19.4 Å². The van der Waals surface area contributed by atoms with E-state index in [0.717, 1.165) is 0 Å². The number of nitrogens with zero attached hydrogens (tertiary/aromatic N) is 1. The van der Waals surface area contributed by atoms with Crippen molar-refractivity contribution >= 4 is 11.9 Å². The lowest BCUT2D eigenvalue weighted by atomic mass is 10.2. The molecule has 6 heteroatoms. The van der Waals surface area contributed by atoms with Gasteiger partial charge in [-0.05, 0) is 12.1 Å². The van der Waals surface area contributed by atoms with Crippen LogP contribution in [0.25, 0.3) is 0 Å². The molecule has 6 nitrogen and oxygen atoms in total. The van der Waals surface area contributed by atoms with E-state index in [9.17, 15) is 14.7 Å². The lowest BCUT2D eigenvalue weighted by Crippen LogP contribution is -2.52. The summed E-state index contributed by atoms with van der Waals surface area (Å²) in [5.41, 5.74) is 0. The highest BCUT2D eigenvalue weighted by atomic mass is 16.5. The number of hydrogen-bond acceptors (Lipinski definition) is 4. The number of carbonyl (C=O) groups is 2. The minimum atomic E-state index is -0.792. The molecule has 1 atom stereocenters. The molecule has 0 saturated carbocycles. The number of para-hydroxylation sites is 1. The topological polar surface area (TPSA) is 78.9 Å². The molecule has 0 aromatic heterocycles. The Balaban J connectivity index is 1.76. The lowest BCUT2D eigenvalue weighted by molar-refractivity contribution is -0.121. The normalized spacial score (nSPS) is 17.0. The van der Waals surface area contributed by atoms with E-state index in [2.05, 4.69) is 5.32 Å². The van der Waals surface area contributed by atoms with Gasteiger partial charge in [-0.2, -0.15) is 0 Å². The highest BCUT2D eigenvalue weighted by Crippen LogP contribution is 2.09. The van der Waals surface area contributed by atoms with Crippen LogP contribution in [0.1, 0.15) is 6.42 Å². The van der Waals surface area contributed by atoms with Crippen LogP contribution in [0.3, 0.4) is 0 Å². The van der Waals surface area contributed by atoms with Crippen LogP contribution < -0.4 is 10.1 Å². The van der Waals surface area contributed by atoms with Crippen molar-refractivity contribution in [3.63, 3.8) is 0 Å². The number of carbonyl (C=O) groups excluding carboxylic acids is 2. The van der Waals surface area contributed by atoms with Crippen LogP contribution >= 0.6 is 0 Å². The number of aliphatic hydroxyl groups excluding tert-OH is 1. The largest absolute Gasteiger partial charge is 0.491 e. The van der Waals surface area contributed by atoms with E-state index in [-0.39, 0.29) is 25.5 Å². The van der Waals surface area contributed by atoms with E-state index in [4.69, 9.17) is 4.74 Å². The Labute approximate surface area is 111 Å². The molecule has 1 heterocycles. The first-order valence-corrected chi connectivity index (χ1v) is 6.10. The number of β-amino-alcohol motifs (C(OH)–C–C–N with tert-alkyl or cyclic N) is 1. The number of nitrogens with one attached hydrogen (secondary N) is 1. The van der Waals surface area contributed by atoms with Crippen LogP contribution in [-0.4, -0.2) is 47.7 Å². The summed E-state index contributed by atoms with van der Waals surface area (Å²) in [5, 5.41) is 12.0. The van der Waals surface area contributed by atoms with Gasteiger partial charge in [-0.3, -0.25) is 10.1 Å². The quantitative estimate of drug-likeness (QED) is 0.805. The summed E-state index contributed by atoms with van der Waals surface area (Å²) in [6.07, 6.45) is -0.531. The van der Waals surface area contributed by atoms with E-state index in [1.165, 1.54) is 4.90 Å². The average molecular weight is 264 g/mol. The van der Waals surface area contributed by atoms with Gasteiger partial charge in [-0.25, -0.2) is 4.79 Å². The van der Waals surface area contributed by atoms with Gasteiger partial charge in [0.2, 0.25) is 5.91 Å². The van der Waals surface area contributed by atoms with Crippen LogP contribution in [-0.2, 0) is 4.79 Å². The van der Waals surface area contributed by atoms with Crippen molar-refractivity contribution in [1.82, 2.24) is 10.2 Å². The van der Waals surface area contributed by atoms with Crippen molar-refractivity contribution in [2.24, 2.45) is 0 Å². The molecule has 1 fully saturated rings. The number of benzene rings is 1. The molecule has 0 bridgehead atoms. The van der Waals surface area contributed by atoms with Crippen LogP contribution in [0, 0.1) is 0 Å². The minimum absolute atomic E-state index is 0.0989. The molecule has 2 rings (SSSR count). The Kier molecular flexibility index (Phi) is 4.35. The molecule has 2 N–H and O–H groups in total. The Morgan fingerprint density at radius 2 is 2.05 bits per heavy atom. The Morgan fingerprint density at radius 3 is 2.74 bits per heavy atom. The number of ether oxygens (including phenoxy) is 1. The van der Waals surface area contributed by atoms with E-state index in [1.54, 1.807) is 12.1 Å². The summed E-state index contributed by atoms with van der Waals surface area (Å²) in [6, 6.07) is 8.67. The number of hydrogen-bond donors (Lipinski definition) is 2. The smallest absolute Gasteiger partial charge is 0.324 e. The summed E-state index contributed by atoms with van der Waals surface area (Å²) < 4.78 is 5.39. The van der Waals surface area contributed by atoms with Crippen molar-refractivity contribution in [2.75, 3.05) is 19.7 Å². The van der Waals surface area contributed by atoms with Gasteiger partial charge in [-0.15, -0.1) is 0 Å². The third kappa shape index (κ3) is 3.96. The maximum Gasteiger partial charge on any atom is 0.324 e. The van der Waals surface area contributed by atoms with Crippen molar-refractivity contribution in [2.45, 2.75) is 12.5 Å². The van der Waals surface area contributed by atoms with E-state index in [0.29, 0.717) is 12.3 Å². The summed E-state index contributed by atoms with van der Waals surface area (Å²) in [7, 11) is 0. The zero-order valence-electron chi connectivity index (χ0n) is 10.4. The second-order valence-electron chi connectivity index (χ2n) is 4.33. The minimum Gasteiger partial charge on any atom is -0.491 e. The van der Waals surface area contributed by atoms with E-state index < -0.39 is 12.1 Å². The van der Waals surface area contributed by atoms with Crippen LogP contribution in [0.15, 0.2) is 30.3 Å². The van der Waals surface area contributed by atoms with E-state index >= 15 is 0 Å². The molecule has 3 amide bonds. The predicted octanol–water partition coefficient (Wildman–Crippen LogP) is 0.368. The number of amides is 3. The van der Waals surface area contributed by atoms with Crippen LogP contribution in [0.4, 0.5) is 4.79 Å². The zero-order valence-corrected chi connectivity index (χ0v) is 10.4. The lowest BCUT2D eigenvalue weighted by Gasteiger charge is -2.28. The van der Waals surface area contributed by atoms with Gasteiger partial charge in [0.1, 0.15) is 18.5 Å². The monoisotopic (exact) mass is 264 g/mol. The fourth-order valence-corrected chi connectivity index (χ4v) is 1.79. The fraction of sp³-hybridized carbons (Fsp3) is 0.385. The van der Waals surface area contributed by atoms with Gasteiger partial charge in [0, 0.05) is 13.0 Å². The van der Waals surface area contributed by atoms with Crippen LogP contribution in [0.5, 0.6) is 5.75 Å². The molecule has 19 heavy (non-hydrogen) atoms. The molecule has 1 aliphatic heterocycles. The van der Waals surface area contributed by atoms with Crippen molar-refractivity contribution in [3.8, 4) is 5.75 Å². The van der Waals surface area contributed by atoms with Gasteiger partial charge < -0.3 is 14.7 Å². The molecular formula is C13H16N2O4. The maximum absolute atomic E-state index is 11.5. The van der Waals surface area contributed by atoms with Crippen molar-refractivity contribution in [3.05, 3.63) is 30.3 Å². The summed E-state index contributed by atoms with van der Waals surface area (Å²) >= 11 is 0. The number of aliphatic hydroxyl groups is 1. The first kappa shape index (κ1) is 13.4. The number of rotatable bonds is 5. The second-order valence-corrected chi connectivity index (χ2v) is 4.33. The molecule has 1 saturated heterocycles. The first-order valence-electron chi connectivity index (χ1n) is 6.10. The predicted molar refractivity (Wildman–Crippen MR) is 67.7 cm³/mol. The Hall–Kier alpha value is -2.08. The van der Waals surface area contributed by atoms with Gasteiger partial charge in [0.25, 0.3) is 0 Å². The number of urea groups is 1. The van der Waals surface area contributed by atoms with Gasteiger partial charge >= 0.3 is 6.03 Å². The average Bonchev–Trinajstić information content (AvgIpc) is 2.41. The molecular weight excluding hydrogens is 248 g/mol. The standard InChI is InChI=1S/C13H16N2O4/c16-10(9-19-11-4-2-1-3-5-11)8-15-7-6-12(17)14-13(15)18/h1-5,10,16H,6-9H2,(H,14,17,18). The van der Waals surface area contributed by atoms with Gasteiger partial charge in [0.15, 0.2) is 0 Å². The highest BCUT2D eigenvalue weighted by Gasteiger charge is 2.24. The third-order valence-electron chi connectivity index (χ3n) is 2.76. The zero-order chi connectivity index (χ0) is 13.7. The van der Waals surface area contributed by atoms with Crippen LogP contribution in [0.2, 0.25) is 0 Å². The first-order chi connectivity index (χ1) is 9.15. The molecule has 102 valence electrons. The molecule has 1 aliphatic rings. The summed E-state index contributed by atoms with van der Waals surface area (Å²) in [6.45, 7) is 0.570. The van der Waals surface area contributed by atoms with Gasteiger partial charge in [-0.1, -0.05) is 18.2 Å². The number of imide groups is 1. The molecule has 0 radical (unpaired) electrons. The SMILES string of the molecule is O=C1CCN(CC(O)COc2ccccc2)C(=O)N1. The van der Waals surface area contributed by atoms with Crippen molar-refractivity contribution in [1.29, 1.82) is 0 Å². The highest BCUT2D eigenvalue weighted by molar-refractivity contribution is 5.96. The van der Waals surface area contributed by atoms with E-state index in [1.807, 2.05) is 18.2 Å². The molecule has 0 spiro atoms.